The van der Waals surface area contributed by atoms with Gasteiger partial charge in [-0.1, -0.05) is 43.7 Å². The van der Waals surface area contributed by atoms with Crippen LogP contribution in [-0.4, -0.2) is 6.54 Å². The molecule has 2 aromatic carbocycles. The molecule has 0 atom stereocenters. The lowest BCUT2D eigenvalue weighted by atomic mass is 10.00. The van der Waals surface area contributed by atoms with E-state index in [0.29, 0.717) is 0 Å². The average Bonchev–Trinajstić information content (AvgIpc) is 2.87. The van der Waals surface area contributed by atoms with Crippen LogP contribution in [0.1, 0.15) is 24.5 Å². The molecule has 0 saturated heterocycles. The minimum atomic E-state index is 1.08. The Labute approximate surface area is 109 Å². The van der Waals surface area contributed by atoms with Crippen molar-refractivity contribution in [3.63, 3.8) is 0 Å². The fourth-order valence-electron chi connectivity index (χ4n) is 2.64. The zero-order chi connectivity index (χ0) is 12.4. The molecule has 1 heterocycles. The molecule has 0 spiro atoms. The van der Waals surface area contributed by atoms with E-state index in [-0.39, 0.29) is 0 Å². The fraction of sp³-hybridized carbons (Fsp3) is 0.294. The van der Waals surface area contributed by atoms with Crippen LogP contribution in [0.2, 0.25) is 0 Å². The van der Waals surface area contributed by atoms with Crippen molar-refractivity contribution < 1.29 is 0 Å². The van der Waals surface area contributed by atoms with Gasteiger partial charge in [-0.05, 0) is 47.2 Å². The van der Waals surface area contributed by atoms with Crippen LogP contribution >= 0.6 is 0 Å². The lowest BCUT2D eigenvalue weighted by Crippen LogP contribution is -1.90. The summed E-state index contributed by atoms with van der Waals surface area (Å²) < 4.78 is 0. The summed E-state index contributed by atoms with van der Waals surface area (Å²) in [7, 11) is 0. The van der Waals surface area contributed by atoms with E-state index in [1.54, 1.807) is 0 Å². The number of hydrogen-bond donors (Lipinski definition) is 1. The summed E-state index contributed by atoms with van der Waals surface area (Å²) >= 11 is 0. The first-order valence-corrected chi connectivity index (χ1v) is 6.83. The van der Waals surface area contributed by atoms with Crippen LogP contribution in [0, 0.1) is 0 Å². The predicted octanol–water partition coefficient (Wildman–Crippen LogP) is 4.27. The number of anilines is 1. The van der Waals surface area contributed by atoms with Crippen LogP contribution in [0.4, 0.5) is 5.69 Å². The van der Waals surface area contributed by atoms with Gasteiger partial charge in [0.05, 0.1) is 0 Å². The summed E-state index contributed by atoms with van der Waals surface area (Å²) in [5.74, 6) is 0. The Balaban J connectivity index is 1.90. The van der Waals surface area contributed by atoms with E-state index in [0.717, 1.165) is 13.0 Å². The number of fused-ring (bicyclic) bond motifs is 1. The van der Waals surface area contributed by atoms with Crippen LogP contribution in [0.5, 0.6) is 0 Å². The van der Waals surface area contributed by atoms with Gasteiger partial charge < -0.3 is 5.32 Å². The largest absolute Gasteiger partial charge is 0.384 e. The molecule has 0 aromatic heterocycles. The molecule has 0 amide bonds. The molecular weight excluding hydrogens is 218 g/mol. The van der Waals surface area contributed by atoms with Crippen molar-refractivity contribution in [1.82, 2.24) is 0 Å². The van der Waals surface area contributed by atoms with Crippen molar-refractivity contribution in [2.45, 2.75) is 26.2 Å². The van der Waals surface area contributed by atoms with Gasteiger partial charge in [-0.2, -0.15) is 0 Å². The first-order valence-electron chi connectivity index (χ1n) is 6.83. The van der Waals surface area contributed by atoms with E-state index < -0.39 is 0 Å². The highest BCUT2D eigenvalue weighted by molar-refractivity contribution is 5.70. The average molecular weight is 237 g/mol. The maximum absolute atomic E-state index is 3.40. The van der Waals surface area contributed by atoms with E-state index in [2.05, 4.69) is 54.7 Å². The molecule has 0 bridgehead atoms. The Morgan fingerprint density at radius 3 is 2.56 bits per heavy atom. The van der Waals surface area contributed by atoms with E-state index in [9.17, 15) is 0 Å². The lowest BCUT2D eigenvalue weighted by molar-refractivity contribution is 0.922. The molecule has 1 aliphatic heterocycles. The zero-order valence-electron chi connectivity index (χ0n) is 10.9. The van der Waals surface area contributed by atoms with Crippen LogP contribution in [0.15, 0.2) is 42.5 Å². The molecule has 0 fully saturated rings. The number of rotatable bonds is 3. The van der Waals surface area contributed by atoms with E-state index in [1.165, 1.54) is 40.8 Å². The molecule has 3 rings (SSSR count). The Kier molecular flexibility index (Phi) is 3.06. The molecule has 0 unspecified atom stereocenters. The molecule has 1 nitrogen and oxygen atoms in total. The van der Waals surface area contributed by atoms with Crippen LogP contribution in [0.25, 0.3) is 11.1 Å². The molecular formula is C17H19N. The third-order valence-electron chi connectivity index (χ3n) is 3.64. The summed E-state index contributed by atoms with van der Waals surface area (Å²) in [5, 5.41) is 3.40. The highest BCUT2D eigenvalue weighted by Crippen LogP contribution is 2.28. The fourth-order valence-corrected chi connectivity index (χ4v) is 2.64. The smallest absolute Gasteiger partial charge is 0.0373 e. The van der Waals surface area contributed by atoms with E-state index >= 15 is 0 Å². The van der Waals surface area contributed by atoms with Gasteiger partial charge >= 0.3 is 0 Å². The van der Waals surface area contributed by atoms with Gasteiger partial charge in [0.2, 0.25) is 0 Å². The van der Waals surface area contributed by atoms with Gasteiger partial charge in [0.1, 0.15) is 0 Å². The predicted molar refractivity (Wildman–Crippen MR) is 78.1 cm³/mol. The number of benzene rings is 2. The second-order valence-corrected chi connectivity index (χ2v) is 5.00. The minimum absolute atomic E-state index is 1.08. The zero-order valence-corrected chi connectivity index (χ0v) is 10.9. The monoisotopic (exact) mass is 237 g/mol. The third-order valence-corrected chi connectivity index (χ3v) is 3.64. The number of nitrogens with one attached hydrogen (secondary N) is 1. The van der Waals surface area contributed by atoms with Crippen molar-refractivity contribution in [2.75, 3.05) is 11.9 Å². The highest BCUT2D eigenvalue weighted by atomic mass is 14.9. The second kappa shape index (κ2) is 4.85. The van der Waals surface area contributed by atoms with Gasteiger partial charge in [-0.15, -0.1) is 0 Å². The minimum Gasteiger partial charge on any atom is -0.384 e. The van der Waals surface area contributed by atoms with Crippen molar-refractivity contribution in [1.29, 1.82) is 0 Å². The molecule has 1 aliphatic rings. The topological polar surface area (TPSA) is 12.0 Å². The van der Waals surface area contributed by atoms with Gasteiger partial charge in [0, 0.05) is 12.2 Å². The molecule has 1 N–H and O–H groups in total. The molecule has 92 valence electrons. The van der Waals surface area contributed by atoms with Crippen LogP contribution in [0.3, 0.4) is 0 Å². The molecule has 0 saturated carbocycles. The summed E-state index contributed by atoms with van der Waals surface area (Å²) in [5.41, 5.74) is 6.85. The highest BCUT2D eigenvalue weighted by Gasteiger charge is 2.10. The first-order chi connectivity index (χ1) is 8.86. The number of hydrogen-bond acceptors (Lipinski definition) is 1. The van der Waals surface area contributed by atoms with Crippen molar-refractivity contribution in [3.05, 3.63) is 53.6 Å². The van der Waals surface area contributed by atoms with Crippen LogP contribution < -0.4 is 5.32 Å². The Morgan fingerprint density at radius 2 is 1.78 bits per heavy atom. The maximum atomic E-state index is 3.40. The Morgan fingerprint density at radius 1 is 1.00 bits per heavy atom. The summed E-state index contributed by atoms with van der Waals surface area (Å²) in [6, 6.07) is 15.7. The normalized spacial score (nSPS) is 13.2. The van der Waals surface area contributed by atoms with Gasteiger partial charge in [0.15, 0.2) is 0 Å². The summed E-state index contributed by atoms with van der Waals surface area (Å²) in [6.45, 7) is 3.30. The molecule has 18 heavy (non-hydrogen) atoms. The summed E-state index contributed by atoms with van der Waals surface area (Å²) in [4.78, 5) is 0. The van der Waals surface area contributed by atoms with E-state index in [4.69, 9.17) is 0 Å². The standard InChI is InChI=1S/C17H19N/c1-2-3-13-4-6-14(7-5-13)15-8-9-17-16(12-15)10-11-18-17/h4-9,12,18H,2-3,10-11H2,1H3. The van der Waals surface area contributed by atoms with Crippen molar-refractivity contribution in [2.24, 2.45) is 0 Å². The van der Waals surface area contributed by atoms with Gasteiger partial charge in [-0.25, -0.2) is 0 Å². The maximum Gasteiger partial charge on any atom is 0.0373 e. The van der Waals surface area contributed by atoms with Gasteiger partial charge in [0.25, 0.3) is 0 Å². The van der Waals surface area contributed by atoms with Gasteiger partial charge in [-0.3, -0.25) is 0 Å². The summed E-state index contributed by atoms with van der Waals surface area (Å²) in [6.07, 6.45) is 3.54. The third kappa shape index (κ3) is 2.13. The SMILES string of the molecule is CCCc1ccc(-c2ccc3c(c2)CCN3)cc1. The Bertz CT molecular complexity index is 540. The first kappa shape index (κ1) is 11.3. The molecule has 0 radical (unpaired) electrons. The van der Waals surface area contributed by atoms with Crippen LogP contribution in [-0.2, 0) is 12.8 Å². The molecule has 0 aliphatic carbocycles. The second-order valence-electron chi connectivity index (χ2n) is 5.00. The van der Waals surface area contributed by atoms with Crippen molar-refractivity contribution in [3.8, 4) is 11.1 Å². The van der Waals surface area contributed by atoms with E-state index in [1.807, 2.05) is 0 Å². The molecule has 2 aromatic rings. The quantitative estimate of drug-likeness (QED) is 0.840. The molecule has 1 heteroatoms. The lowest BCUT2D eigenvalue weighted by Gasteiger charge is -2.06. The Hall–Kier alpha value is -1.76. The van der Waals surface area contributed by atoms with Crippen molar-refractivity contribution >= 4 is 5.69 Å². The number of aryl methyl sites for hydroxylation is 1.